The van der Waals surface area contributed by atoms with Gasteiger partial charge in [-0.05, 0) is 54.4 Å². The van der Waals surface area contributed by atoms with Gasteiger partial charge in [-0.1, -0.05) is 11.6 Å². The maximum Gasteiger partial charge on any atom is 0.240 e. The Hall–Kier alpha value is -2.09. The van der Waals surface area contributed by atoms with E-state index in [9.17, 15) is 13.2 Å². The van der Waals surface area contributed by atoms with Crippen molar-refractivity contribution < 1.29 is 17.9 Å². The standard InChI is InChI=1S/C18H19ClN2O4S/c1-25-16-6-4-15(5-7-16)21-12-13(10-18(21)22)11-20-26(23,24)17-8-2-14(19)3-9-17/h2-9,13,20H,10-12H2,1H3/t13-/m0/s1. The van der Waals surface area contributed by atoms with Crippen molar-refractivity contribution >= 4 is 33.2 Å². The van der Waals surface area contributed by atoms with Gasteiger partial charge in [0.15, 0.2) is 0 Å². The van der Waals surface area contributed by atoms with E-state index < -0.39 is 10.0 Å². The smallest absolute Gasteiger partial charge is 0.240 e. The Bertz CT molecular complexity index is 882. The number of rotatable bonds is 6. The summed E-state index contributed by atoms with van der Waals surface area (Å²) in [7, 11) is -2.05. The molecule has 1 amide bonds. The first-order valence-electron chi connectivity index (χ1n) is 8.09. The molecule has 6 nitrogen and oxygen atoms in total. The lowest BCUT2D eigenvalue weighted by atomic mass is 10.1. The van der Waals surface area contributed by atoms with Gasteiger partial charge in [-0.3, -0.25) is 4.79 Å². The molecule has 0 aliphatic carbocycles. The Morgan fingerprint density at radius 1 is 1.15 bits per heavy atom. The number of benzene rings is 2. The number of sulfonamides is 1. The maximum atomic E-state index is 12.3. The van der Waals surface area contributed by atoms with E-state index in [0.717, 1.165) is 5.69 Å². The molecular formula is C18H19ClN2O4S. The number of amides is 1. The van der Waals surface area contributed by atoms with E-state index >= 15 is 0 Å². The number of hydrogen-bond donors (Lipinski definition) is 1. The minimum Gasteiger partial charge on any atom is -0.497 e. The van der Waals surface area contributed by atoms with Crippen molar-refractivity contribution in [1.82, 2.24) is 4.72 Å². The molecule has 1 aliphatic heterocycles. The lowest BCUT2D eigenvalue weighted by Crippen LogP contribution is -2.31. The molecule has 0 aromatic heterocycles. The number of methoxy groups -OCH3 is 1. The molecule has 2 aromatic rings. The molecule has 1 fully saturated rings. The normalized spacial score (nSPS) is 17.5. The maximum absolute atomic E-state index is 12.3. The fraction of sp³-hybridized carbons (Fsp3) is 0.278. The van der Waals surface area contributed by atoms with Crippen molar-refractivity contribution in [2.24, 2.45) is 5.92 Å². The monoisotopic (exact) mass is 394 g/mol. The van der Waals surface area contributed by atoms with Gasteiger partial charge in [0.1, 0.15) is 5.75 Å². The van der Waals surface area contributed by atoms with Gasteiger partial charge < -0.3 is 9.64 Å². The number of nitrogens with zero attached hydrogens (tertiary/aromatic N) is 1. The van der Waals surface area contributed by atoms with Crippen LogP contribution >= 0.6 is 11.6 Å². The first kappa shape index (κ1) is 18.7. The average molecular weight is 395 g/mol. The molecule has 1 N–H and O–H groups in total. The largest absolute Gasteiger partial charge is 0.497 e. The summed E-state index contributed by atoms with van der Waals surface area (Å²) in [6, 6.07) is 13.2. The van der Waals surface area contributed by atoms with Crippen LogP contribution in [-0.2, 0) is 14.8 Å². The molecule has 26 heavy (non-hydrogen) atoms. The van der Waals surface area contributed by atoms with Gasteiger partial charge in [0.05, 0.1) is 12.0 Å². The number of ether oxygens (including phenoxy) is 1. The van der Waals surface area contributed by atoms with Crippen molar-refractivity contribution in [3.05, 3.63) is 53.6 Å². The lowest BCUT2D eigenvalue weighted by Gasteiger charge is -2.17. The fourth-order valence-electron chi connectivity index (χ4n) is 2.85. The number of carbonyl (C=O) groups is 1. The number of hydrogen-bond acceptors (Lipinski definition) is 4. The first-order valence-corrected chi connectivity index (χ1v) is 9.95. The van der Waals surface area contributed by atoms with Crippen molar-refractivity contribution in [3.8, 4) is 5.75 Å². The Labute approximate surface area is 157 Å². The third-order valence-electron chi connectivity index (χ3n) is 4.28. The van der Waals surface area contributed by atoms with Crippen LogP contribution in [0.3, 0.4) is 0 Å². The van der Waals surface area contributed by atoms with E-state index in [4.69, 9.17) is 16.3 Å². The van der Waals surface area contributed by atoms with Gasteiger partial charge in [0, 0.05) is 30.2 Å². The third-order valence-corrected chi connectivity index (χ3v) is 5.97. The second-order valence-corrected chi connectivity index (χ2v) is 8.28. The van der Waals surface area contributed by atoms with Crippen LogP contribution in [0.4, 0.5) is 5.69 Å². The minimum absolute atomic E-state index is 0.0224. The van der Waals surface area contributed by atoms with Gasteiger partial charge >= 0.3 is 0 Å². The Balaban J connectivity index is 1.62. The molecule has 1 atom stereocenters. The Kier molecular flexibility index (Phi) is 5.50. The zero-order valence-electron chi connectivity index (χ0n) is 14.2. The SMILES string of the molecule is COc1ccc(N2C[C@H](CNS(=O)(=O)c3ccc(Cl)cc3)CC2=O)cc1. The molecule has 3 rings (SSSR count). The summed E-state index contributed by atoms with van der Waals surface area (Å²) in [5.41, 5.74) is 0.777. The van der Waals surface area contributed by atoms with Gasteiger partial charge in [-0.2, -0.15) is 0 Å². The van der Waals surface area contributed by atoms with Crippen LogP contribution in [0.25, 0.3) is 0 Å². The van der Waals surface area contributed by atoms with Crippen LogP contribution in [0.1, 0.15) is 6.42 Å². The molecule has 0 spiro atoms. The van der Waals surface area contributed by atoms with Gasteiger partial charge in [-0.25, -0.2) is 13.1 Å². The average Bonchev–Trinajstić information content (AvgIpc) is 3.01. The summed E-state index contributed by atoms with van der Waals surface area (Å²) in [6.07, 6.45) is 0.301. The van der Waals surface area contributed by atoms with Gasteiger partial charge in [-0.15, -0.1) is 0 Å². The molecule has 0 bridgehead atoms. The summed E-state index contributed by atoms with van der Waals surface area (Å²) in [6.45, 7) is 0.664. The quantitative estimate of drug-likeness (QED) is 0.817. The van der Waals surface area contributed by atoms with Crippen molar-refractivity contribution in [2.45, 2.75) is 11.3 Å². The second-order valence-electron chi connectivity index (χ2n) is 6.08. The number of halogens is 1. The van der Waals surface area contributed by atoms with Crippen LogP contribution in [-0.4, -0.2) is 34.5 Å². The van der Waals surface area contributed by atoms with Crippen LogP contribution in [0.15, 0.2) is 53.4 Å². The summed E-state index contributed by atoms with van der Waals surface area (Å²) in [5.74, 6) is 0.602. The zero-order valence-corrected chi connectivity index (χ0v) is 15.8. The van der Waals surface area contributed by atoms with Gasteiger partial charge in [0.2, 0.25) is 15.9 Å². The van der Waals surface area contributed by atoms with Crippen molar-refractivity contribution in [2.75, 3.05) is 25.1 Å². The third kappa shape index (κ3) is 4.17. The molecule has 8 heteroatoms. The summed E-state index contributed by atoms with van der Waals surface area (Å²) in [5, 5.41) is 0.473. The molecule has 0 saturated carbocycles. The fourth-order valence-corrected chi connectivity index (χ4v) is 4.10. The second kappa shape index (κ2) is 7.65. The first-order chi connectivity index (χ1) is 12.4. The van der Waals surface area contributed by atoms with E-state index in [1.165, 1.54) is 24.3 Å². The number of nitrogens with one attached hydrogen (secondary N) is 1. The van der Waals surface area contributed by atoms with E-state index in [0.29, 0.717) is 23.7 Å². The predicted molar refractivity (Wildman–Crippen MR) is 100 cm³/mol. The van der Waals surface area contributed by atoms with Crippen molar-refractivity contribution in [3.63, 3.8) is 0 Å². The van der Waals surface area contributed by atoms with E-state index in [2.05, 4.69) is 4.72 Å². The highest BCUT2D eigenvalue weighted by molar-refractivity contribution is 7.89. The molecule has 138 valence electrons. The topological polar surface area (TPSA) is 75.7 Å². The van der Waals surface area contributed by atoms with E-state index in [1.54, 1.807) is 24.1 Å². The molecule has 0 unspecified atom stereocenters. The van der Waals surface area contributed by atoms with Gasteiger partial charge in [0.25, 0.3) is 0 Å². The molecular weight excluding hydrogens is 376 g/mol. The highest BCUT2D eigenvalue weighted by atomic mass is 35.5. The molecule has 2 aromatic carbocycles. The molecule has 1 saturated heterocycles. The molecule has 0 radical (unpaired) electrons. The minimum atomic E-state index is -3.63. The Morgan fingerprint density at radius 2 is 1.81 bits per heavy atom. The highest BCUT2D eigenvalue weighted by Crippen LogP contribution is 2.26. The summed E-state index contributed by atoms with van der Waals surface area (Å²) in [4.78, 5) is 14.1. The van der Waals surface area contributed by atoms with Crippen LogP contribution in [0, 0.1) is 5.92 Å². The van der Waals surface area contributed by atoms with Crippen LogP contribution in [0.2, 0.25) is 5.02 Å². The van der Waals surface area contributed by atoms with Crippen molar-refractivity contribution in [1.29, 1.82) is 0 Å². The zero-order chi connectivity index (χ0) is 18.7. The number of carbonyl (C=O) groups excluding carboxylic acids is 1. The van der Waals surface area contributed by atoms with Crippen LogP contribution in [0.5, 0.6) is 5.75 Å². The molecule has 1 aliphatic rings. The summed E-state index contributed by atoms with van der Waals surface area (Å²) < 4.78 is 32.4. The highest BCUT2D eigenvalue weighted by Gasteiger charge is 2.31. The predicted octanol–water partition coefficient (Wildman–Crippen LogP) is 2.68. The molecule has 1 heterocycles. The van der Waals surface area contributed by atoms with E-state index in [1.807, 2.05) is 12.1 Å². The Morgan fingerprint density at radius 3 is 2.42 bits per heavy atom. The summed E-state index contributed by atoms with van der Waals surface area (Å²) >= 11 is 5.79. The van der Waals surface area contributed by atoms with E-state index in [-0.39, 0.29) is 23.3 Å². The van der Waals surface area contributed by atoms with Crippen LogP contribution < -0.4 is 14.4 Å². The lowest BCUT2D eigenvalue weighted by molar-refractivity contribution is -0.117. The number of anilines is 1.